The Morgan fingerprint density at radius 2 is 2.15 bits per heavy atom. The SMILES string of the molecule is CN(C)c1ncc2c(n1)CNC2.Cl. The summed E-state index contributed by atoms with van der Waals surface area (Å²) in [5, 5.41) is 3.23. The first kappa shape index (κ1) is 10.2. The molecule has 0 atom stereocenters. The smallest absolute Gasteiger partial charge is 0.225 e. The monoisotopic (exact) mass is 200 g/mol. The van der Waals surface area contributed by atoms with E-state index in [1.807, 2.05) is 25.2 Å². The standard InChI is InChI=1S/C8H12N4.ClH/c1-12(2)8-10-4-6-3-9-5-7(6)11-8;/h4,9H,3,5H2,1-2H3;1H. The Kier molecular flexibility index (Phi) is 3.06. The van der Waals surface area contributed by atoms with Crippen LogP contribution in [-0.2, 0) is 13.1 Å². The lowest BCUT2D eigenvalue weighted by Gasteiger charge is -2.09. The molecule has 0 aromatic carbocycles. The molecule has 0 spiro atoms. The topological polar surface area (TPSA) is 41.1 Å². The van der Waals surface area contributed by atoms with Gasteiger partial charge in [-0.05, 0) is 0 Å². The van der Waals surface area contributed by atoms with Crippen LogP contribution in [0.1, 0.15) is 11.3 Å². The van der Waals surface area contributed by atoms with Gasteiger partial charge in [0.2, 0.25) is 5.95 Å². The molecule has 0 amide bonds. The highest BCUT2D eigenvalue weighted by molar-refractivity contribution is 5.85. The van der Waals surface area contributed by atoms with Crippen molar-refractivity contribution in [2.24, 2.45) is 0 Å². The Balaban J connectivity index is 0.000000845. The first-order chi connectivity index (χ1) is 5.77. The van der Waals surface area contributed by atoms with Gasteiger partial charge in [0.05, 0.1) is 5.69 Å². The lowest BCUT2D eigenvalue weighted by molar-refractivity contribution is 0.757. The van der Waals surface area contributed by atoms with Crippen molar-refractivity contribution < 1.29 is 0 Å². The average molecular weight is 201 g/mol. The molecule has 5 heteroatoms. The molecule has 0 aliphatic carbocycles. The van der Waals surface area contributed by atoms with Crippen LogP contribution >= 0.6 is 12.4 Å². The summed E-state index contributed by atoms with van der Waals surface area (Å²) in [6.45, 7) is 1.78. The minimum atomic E-state index is 0. The molecule has 0 saturated carbocycles. The number of halogens is 1. The molecule has 1 aromatic rings. The molecule has 1 aliphatic heterocycles. The minimum absolute atomic E-state index is 0. The van der Waals surface area contributed by atoms with Gasteiger partial charge in [0.1, 0.15) is 0 Å². The average Bonchev–Trinajstić information content (AvgIpc) is 2.49. The fourth-order valence-electron chi connectivity index (χ4n) is 1.26. The molecule has 1 aliphatic rings. The Bertz CT molecular complexity index is 300. The molecule has 0 fully saturated rings. The van der Waals surface area contributed by atoms with Crippen molar-refractivity contribution in [1.82, 2.24) is 15.3 Å². The van der Waals surface area contributed by atoms with E-state index in [9.17, 15) is 0 Å². The van der Waals surface area contributed by atoms with Gasteiger partial charge in [0.25, 0.3) is 0 Å². The third kappa shape index (κ3) is 1.89. The van der Waals surface area contributed by atoms with E-state index in [2.05, 4.69) is 15.3 Å². The van der Waals surface area contributed by atoms with Crippen molar-refractivity contribution in [2.75, 3.05) is 19.0 Å². The van der Waals surface area contributed by atoms with Crippen LogP contribution in [0.5, 0.6) is 0 Å². The zero-order valence-corrected chi connectivity index (χ0v) is 8.56. The van der Waals surface area contributed by atoms with Crippen LogP contribution < -0.4 is 10.2 Å². The van der Waals surface area contributed by atoms with Crippen molar-refractivity contribution in [2.45, 2.75) is 13.1 Å². The molecule has 0 bridgehead atoms. The van der Waals surface area contributed by atoms with Gasteiger partial charge in [-0.15, -0.1) is 12.4 Å². The lowest BCUT2D eigenvalue weighted by Crippen LogP contribution is -2.13. The highest BCUT2D eigenvalue weighted by Crippen LogP contribution is 2.13. The molecular formula is C8H13ClN4. The zero-order valence-electron chi connectivity index (χ0n) is 7.74. The molecule has 0 saturated heterocycles. The number of aromatic nitrogens is 2. The largest absolute Gasteiger partial charge is 0.347 e. The predicted octanol–water partition coefficient (Wildman–Crippen LogP) is 0.568. The maximum absolute atomic E-state index is 4.41. The molecule has 0 unspecified atom stereocenters. The number of hydrogen-bond acceptors (Lipinski definition) is 4. The van der Waals surface area contributed by atoms with Gasteiger partial charge in [-0.2, -0.15) is 0 Å². The number of nitrogens with one attached hydrogen (secondary N) is 1. The van der Waals surface area contributed by atoms with E-state index in [-0.39, 0.29) is 12.4 Å². The van der Waals surface area contributed by atoms with Gasteiger partial charge >= 0.3 is 0 Å². The van der Waals surface area contributed by atoms with Crippen LogP contribution in [0.3, 0.4) is 0 Å². The summed E-state index contributed by atoms with van der Waals surface area (Å²) in [6, 6.07) is 0. The summed E-state index contributed by atoms with van der Waals surface area (Å²) < 4.78 is 0. The van der Waals surface area contributed by atoms with E-state index in [0.717, 1.165) is 24.7 Å². The van der Waals surface area contributed by atoms with Crippen molar-refractivity contribution in [3.63, 3.8) is 0 Å². The first-order valence-corrected chi connectivity index (χ1v) is 4.00. The van der Waals surface area contributed by atoms with Crippen molar-refractivity contribution >= 4 is 18.4 Å². The van der Waals surface area contributed by atoms with E-state index < -0.39 is 0 Å². The molecule has 1 N–H and O–H groups in total. The highest BCUT2D eigenvalue weighted by atomic mass is 35.5. The molecular weight excluding hydrogens is 188 g/mol. The summed E-state index contributed by atoms with van der Waals surface area (Å²) in [6.07, 6.45) is 1.90. The van der Waals surface area contributed by atoms with E-state index in [0.29, 0.717) is 0 Å². The van der Waals surface area contributed by atoms with Crippen molar-refractivity contribution in [1.29, 1.82) is 0 Å². The Hall–Kier alpha value is -0.870. The van der Waals surface area contributed by atoms with Crippen LogP contribution in [0.2, 0.25) is 0 Å². The van der Waals surface area contributed by atoms with Crippen LogP contribution in [0.15, 0.2) is 6.20 Å². The number of rotatable bonds is 1. The maximum Gasteiger partial charge on any atom is 0.225 e. The summed E-state index contributed by atoms with van der Waals surface area (Å²) in [5.41, 5.74) is 2.36. The molecule has 2 heterocycles. The lowest BCUT2D eigenvalue weighted by atomic mass is 10.3. The van der Waals surface area contributed by atoms with Gasteiger partial charge in [0.15, 0.2) is 0 Å². The number of hydrogen-bond donors (Lipinski definition) is 1. The molecule has 72 valence electrons. The number of anilines is 1. The van der Waals surface area contributed by atoms with Crippen molar-refractivity contribution in [3.8, 4) is 0 Å². The van der Waals surface area contributed by atoms with Gasteiger partial charge < -0.3 is 10.2 Å². The first-order valence-electron chi connectivity index (χ1n) is 4.00. The Morgan fingerprint density at radius 3 is 2.85 bits per heavy atom. The second-order valence-electron chi connectivity index (χ2n) is 3.14. The van der Waals surface area contributed by atoms with E-state index in [1.54, 1.807) is 0 Å². The summed E-state index contributed by atoms with van der Waals surface area (Å²) in [4.78, 5) is 10.5. The van der Waals surface area contributed by atoms with Gasteiger partial charge in [-0.1, -0.05) is 0 Å². The Morgan fingerprint density at radius 1 is 1.38 bits per heavy atom. The Labute approximate surface area is 83.8 Å². The zero-order chi connectivity index (χ0) is 8.55. The quantitative estimate of drug-likeness (QED) is 0.720. The molecule has 1 aromatic heterocycles. The third-order valence-electron chi connectivity index (χ3n) is 1.95. The molecule has 4 nitrogen and oxygen atoms in total. The molecule has 2 rings (SSSR count). The number of fused-ring (bicyclic) bond motifs is 1. The summed E-state index contributed by atoms with van der Waals surface area (Å²) in [5.74, 6) is 0.789. The van der Waals surface area contributed by atoms with E-state index in [4.69, 9.17) is 0 Å². The van der Waals surface area contributed by atoms with E-state index in [1.165, 1.54) is 5.56 Å². The summed E-state index contributed by atoms with van der Waals surface area (Å²) in [7, 11) is 3.90. The predicted molar refractivity (Wildman–Crippen MR) is 54.2 cm³/mol. The van der Waals surface area contributed by atoms with Gasteiger partial charge in [-0.3, -0.25) is 0 Å². The normalized spacial score (nSPS) is 13.4. The van der Waals surface area contributed by atoms with Crippen LogP contribution in [0.4, 0.5) is 5.95 Å². The van der Waals surface area contributed by atoms with Crippen LogP contribution in [-0.4, -0.2) is 24.1 Å². The van der Waals surface area contributed by atoms with E-state index >= 15 is 0 Å². The van der Waals surface area contributed by atoms with Crippen molar-refractivity contribution in [3.05, 3.63) is 17.5 Å². The maximum atomic E-state index is 4.41. The van der Waals surface area contributed by atoms with Gasteiger partial charge in [-0.25, -0.2) is 9.97 Å². The fraction of sp³-hybridized carbons (Fsp3) is 0.500. The van der Waals surface area contributed by atoms with Crippen LogP contribution in [0.25, 0.3) is 0 Å². The van der Waals surface area contributed by atoms with Crippen LogP contribution in [0, 0.1) is 0 Å². The van der Waals surface area contributed by atoms with Gasteiger partial charge in [0, 0.05) is 38.9 Å². The molecule has 0 radical (unpaired) electrons. The fourth-order valence-corrected chi connectivity index (χ4v) is 1.26. The highest BCUT2D eigenvalue weighted by Gasteiger charge is 2.12. The molecule has 13 heavy (non-hydrogen) atoms. The second kappa shape index (κ2) is 3.89. The summed E-state index contributed by atoms with van der Waals surface area (Å²) >= 11 is 0. The third-order valence-corrected chi connectivity index (χ3v) is 1.95. The second-order valence-corrected chi connectivity index (χ2v) is 3.14. The minimum Gasteiger partial charge on any atom is -0.347 e. The number of nitrogens with zero attached hydrogens (tertiary/aromatic N) is 3.